The number of ether oxygens (including phenoxy) is 2. The van der Waals surface area contributed by atoms with Crippen molar-refractivity contribution in [2.45, 2.75) is 26.0 Å². The van der Waals surface area contributed by atoms with Gasteiger partial charge in [-0.25, -0.2) is 0 Å². The summed E-state index contributed by atoms with van der Waals surface area (Å²) in [5.41, 5.74) is 2.48. The fraction of sp³-hybridized carbons (Fsp3) is 0.611. The van der Waals surface area contributed by atoms with Crippen molar-refractivity contribution in [2.75, 3.05) is 47.0 Å². The van der Waals surface area contributed by atoms with E-state index in [1.807, 2.05) is 11.9 Å². The van der Waals surface area contributed by atoms with Crippen molar-refractivity contribution in [2.24, 2.45) is 0 Å². The lowest BCUT2D eigenvalue weighted by atomic mass is 10.1. The number of aryl methyl sites for hydroxylation is 1. The fourth-order valence-electron chi connectivity index (χ4n) is 2.76. The third-order valence-corrected chi connectivity index (χ3v) is 4.11. The van der Waals surface area contributed by atoms with Crippen LogP contribution in [0.4, 0.5) is 0 Å². The van der Waals surface area contributed by atoms with Crippen LogP contribution in [-0.4, -0.2) is 68.8 Å². The quantitative estimate of drug-likeness (QED) is 0.767. The zero-order valence-electron chi connectivity index (χ0n) is 14.5. The molecule has 1 fully saturated rings. The second-order valence-electron chi connectivity index (χ2n) is 6.27. The molecular formula is C18H28N2O3. The maximum atomic E-state index is 12.5. The van der Waals surface area contributed by atoms with Crippen LogP contribution in [0.15, 0.2) is 24.3 Å². The van der Waals surface area contributed by atoms with Crippen LogP contribution in [0.3, 0.4) is 0 Å². The zero-order chi connectivity index (χ0) is 16.7. The normalized spacial score (nSPS) is 18.4. The molecule has 0 saturated carbocycles. The van der Waals surface area contributed by atoms with Gasteiger partial charge in [-0.3, -0.25) is 9.69 Å². The molecule has 1 aliphatic rings. The van der Waals surface area contributed by atoms with Gasteiger partial charge in [0.1, 0.15) is 0 Å². The molecule has 0 aromatic heterocycles. The first-order chi connectivity index (χ1) is 11.1. The van der Waals surface area contributed by atoms with Gasteiger partial charge in [-0.15, -0.1) is 0 Å². The monoisotopic (exact) mass is 320 g/mol. The van der Waals surface area contributed by atoms with Crippen molar-refractivity contribution < 1.29 is 14.3 Å². The molecule has 0 spiro atoms. The molecule has 0 N–H and O–H groups in total. The molecule has 1 atom stereocenters. The van der Waals surface area contributed by atoms with Crippen molar-refractivity contribution in [1.29, 1.82) is 0 Å². The minimum absolute atomic E-state index is 0.0926. The van der Waals surface area contributed by atoms with Gasteiger partial charge in [0.25, 0.3) is 0 Å². The predicted molar refractivity (Wildman–Crippen MR) is 90.3 cm³/mol. The van der Waals surface area contributed by atoms with E-state index in [-0.39, 0.29) is 12.0 Å². The third kappa shape index (κ3) is 5.94. The molecule has 1 heterocycles. The van der Waals surface area contributed by atoms with E-state index in [1.165, 1.54) is 11.1 Å². The number of likely N-dealkylation sites (N-methyl/N-ethyl adjacent to an activating group) is 1. The van der Waals surface area contributed by atoms with Crippen LogP contribution in [-0.2, 0) is 20.8 Å². The number of amides is 1. The van der Waals surface area contributed by atoms with Crippen molar-refractivity contribution in [3.63, 3.8) is 0 Å². The third-order valence-electron chi connectivity index (χ3n) is 4.11. The number of methoxy groups -OCH3 is 1. The second kappa shape index (κ2) is 9.01. The van der Waals surface area contributed by atoms with E-state index in [9.17, 15) is 4.79 Å². The van der Waals surface area contributed by atoms with Gasteiger partial charge < -0.3 is 14.4 Å². The first-order valence-corrected chi connectivity index (χ1v) is 8.21. The first-order valence-electron chi connectivity index (χ1n) is 8.21. The molecule has 1 saturated heterocycles. The van der Waals surface area contributed by atoms with Gasteiger partial charge in [0.05, 0.1) is 19.3 Å². The topological polar surface area (TPSA) is 42.0 Å². The number of hydrogen-bond donors (Lipinski definition) is 0. The van der Waals surface area contributed by atoms with Crippen molar-refractivity contribution in [1.82, 2.24) is 9.80 Å². The Kier molecular flexibility index (Phi) is 7.02. The molecule has 1 unspecified atom stereocenters. The molecule has 0 radical (unpaired) electrons. The Morgan fingerprint density at radius 3 is 2.83 bits per heavy atom. The van der Waals surface area contributed by atoms with Crippen molar-refractivity contribution in [3.8, 4) is 0 Å². The molecule has 1 amide bonds. The van der Waals surface area contributed by atoms with E-state index in [2.05, 4.69) is 36.1 Å². The average Bonchev–Trinajstić information content (AvgIpc) is 2.55. The molecule has 0 aliphatic carbocycles. The molecule has 1 aromatic carbocycles. The Hall–Kier alpha value is -1.43. The molecule has 1 aromatic rings. The molecule has 1 aliphatic heterocycles. The SMILES string of the molecule is COCCC1CN(C(=O)CN(C)Cc2ccc(C)cc2)CCO1. The van der Waals surface area contributed by atoms with Crippen LogP contribution in [0.2, 0.25) is 0 Å². The summed E-state index contributed by atoms with van der Waals surface area (Å²) < 4.78 is 10.8. The van der Waals surface area contributed by atoms with Crippen LogP contribution in [0, 0.1) is 6.92 Å². The van der Waals surface area contributed by atoms with Gasteiger partial charge in [-0.1, -0.05) is 29.8 Å². The number of morpholine rings is 1. The molecule has 2 rings (SSSR count). The van der Waals surface area contributed by atoms with E-state index < -0.39 is 0 Å². The molecule has 23 heavy (non-hydrogen) atoms. The van der Waals surface area contributed by atoms with Gasteiger partial charge in [0.15, 0.2) is 0 Å². The lowest BCUT2D eigenvalue weighted by Gasteiger charge is -2.34. The van der Waals surface area contributed by atoms with E-state index in [1.54, 1.807) is 7.11 Å². The van der Waals surface area contributed by atoms with Gasteiger partial charge in [0.2, 0.25) is 5.91 Å². The number of carbonyl (C=O) groups is 1. The van der Waals surface area contributed by atoms with Crippen LogP contribution in [0.5, 0.6) is 0 Å². The Morgan fingerprint density at radius 2 is 2.13 bits per heavy atom. The summed E-state index contributed by atoms with van der Waals surface area (Å²) in [4.78, 5) is 16.4. The number of nitrogens with zero attached hydrogens (tertiary/aromatic N) is 2. The Morgan fingerprint density at radius 1 is 1.39 bits per heavy atom. The number of benzene rings is 1. The Balaban J connectivity index is 1.79. The molecule has 0 bridgehead atoms. The smallest absolute Gasteiger partial charge is 0.236 e. The number of hydrogen-bond acceptors (Lipinski definition) is 4. The van der Waals surface area contributed by atoms with Crippen LogP contribution < -0.4 is 0 Å². The lowest BCUT2D eigenvalue weighted by Crippen LogP contribution is -2.48. The second-order valence-corrected chi connectivity index (χ2v) is 6.27. The summed E-state index contributed by atoms with van der Waals surface area (Å²) in [5.74, 6) is 0.172. The number of rotatable bonds is 7. The highest BCUT2D eigenvalue weighted by molar-refractivity contribution is 5.78. The van der Waals surface area contributed by atoms with Gasteiger partial charge >= 0.3 is 0 Å². The summed E-state index contributed by atoms with van der Waals surface area (Å²) in [5, 5.41) is 0. The Bertz CT molecular complexity index is 490. The summed E-state index contributed by atoms with van der Waals surface area (Å²) in [7, 11) is 3.67. The largest absolute Gasteiger partial charge is 0.385 e. The van der Waals surface area contributed by atoms with Gasteiger partial charge in [-0.05, 0) is 26.0 Å². The molecule has 5 heteroatoms. The van der Waals surface area contributed by atoms with Crippen LogP contribution in [0.1, 0.15) is 17.5 Å². The Labute approximate surface area is 139 Å². The van der Waals surface area contributed by atoms with E-state index in [0.29, 0.717) is 32.8 Å². The summed E-state index contributed by atoms with van der Waals surface area (Å²) in [6.45, 7) is 5.92. The zero-order valence-corrected chi connectivity index (χ0v) is 14.5. The van der Waals surface area contributed by atoms with Crippen LogP contribution >= 0.6 is 0 Å². The van der Waals surface area contributed by atoms with Crippen molar-refractivity contribution in [3.05, 3.63) is 35.4 Å². The van der Waals surface area contributed by atoms with Gasteiger partial charge in [-0.2, -0.15) is 0 Å². The highest BCUT2D eigenvalue weighted by Crippen LogP contribution is 2.10. The van der Waals surface area contributed by atoms with E-state index >= 15 is 0 Å². The maximum Gasteiger partial charge on any atom is 0.236 e. The summed E-state index contributed by atoms with van der Waals surface area (Å²) >= 11 is 0. The highest BCUT2D eigenvalue weighted by Gasteiger charge is 2.24. The minimum atomic E-state index is 0.0926. The highest BCUT2D eigenvalue weighted by atomic mass is 16.5. The molecular weight excluding hydrogens is 292 g/mol. The van der Waals surface area contributed by atoms with Gasteiger partial charge in [0, 0.05) is 33.4 Å². The predicted octanol–water partition coefficient (Wildman–Crippen LogP) is 1.69. The van der Waals surface area contributed by atoms with E-state index in [0.717, 1.165) is 13.0 Å². The number of carbonyl (C=O) groups excluding carboxylic acids is 1. The van der Waals surface area contributed by atoms with Crippen LogP contribution in [0.25, 0.3) is 0 Å². The fourth-order valence-corrected chi connectivity index (χ4v) is 2.76. The standard InChI is InChI=1S/C18H28N2O3/c1-15-4-6-16(7-5-15)12-19(2)14-18(21)20-9-11-23-17(13-20)8-10-22-3/h4-7,17H,8-14H2,1-3H3. The van der Waals surface area contributed by atoms with Crippen molar-refractivity contribution >= 4 is 5.91 Å². The maximum absolute atomic E-state index is 12.5. The van der Waals surface area contributed by atoms with E-state index in [4.69, 9.17) is 9.47 Å². The minimum Gasteiger partial charge on any atom is -0.385 e. The average molecular weight is 320 g/mol. The summed E-state index contributed by atoms with van der Waals surface area (Å²) in [6.07, 6.45) is 0.925. The summed E-state index contributed by atoms with van der Waals surface area (Å²) in [6, 6.07) is 8.44. The first kappa shape index (κ1) is 17.9. The lowest BCUT2D eigenvalue weighted by molar-refractivity contribution is -0.140. The molecule has 128 valence electrons. The molecule has 5 nitrogen and oxygen atoms in total.